The van der Waals surface area contributed by atoms with Crippen LogP contribution in [0.15, 0.2) is 48.5 Å². The molecule has 0 radical (unpaired) electrons. The van der Waals surface area contributed by atoms with Crippen LogP contribution in [0.25, 0.3) is 22.2 Å². The molecule has 0 saturated carbocycles. The van der Waals surface area contributed by atoms with Crippen LogP contribution in [0.5, 0.6) is 0 Å². The minimum absolute atomic E-state index is 0.522. The zero-order valence-corrected chi connectivity index (χ0v) is 12.9. The van der Waals surface area contributed by atoms with E-state index in [1.807, 2.05) is 49.4 Å². The number of halogens is 1. The molecule has 2 N–H and O–H groups in total. The highest BCUT2D eigenvalue weighted by molar-refractivity contribution is 6.31. The molecular formula is C18H16ClNO2. The fourth-order valence-electron chi connectivity index (χ4n) is 2.88. The maximum atomic E-state index is 11.7. The third kappa shape index (κ3) is 2.48. The van der Waals surface area contributed by atoms with Gasteiger partial charge in [0.25, 0.3) is 0 Å². The smallest absolute Gasteiger partial charge is 0.311 e. The van der Waals surface area contributed by atoms with Crippen molar-refractivity contribution < 1.29 is 9.90 Å². The lowest BCUT2D eigenvalue weighted by Crippen LogP contribution is -2.11. The number of benzene rings is 2. The Labute approximate surface area is 133 Å². The second-order valence-corrected chi connectivity index (χ2v) is 5.71. The zero-order chi connectivity index (χ0) is 15.7. The van der Waals surface area contributed by atoms with Crippen LogP contribution in [-0.2, 0) is 4.79 Å². The number of H-pyrrole nitrogens is 1. The highest BCUT2D eigenvalue weighted by Crippen LogP contribution is 2.38. The molecule has 4 heteroatoms. The summed E-state index contributed by atoms with van der Waals surface area (Å²) in [4.78, 5) is 15.0. The van der Waals surface area contributed by atoms with Gasteiger partial charge in [-0.2, -0.15) is 0 Å². The van der Waals surface area contributed by atoms with Crippen molar-refractivity contribution in [3.8, 4) is 11.3 Å². The van der Waals surface area contributed by atoms with E-state index in [1.165, 1.54) is 0 Å². The standard InChI is InChI=1S/C18H16ClNO2/c1-2-13(18(21)22)16-14-10-12(19)8-9-15(14)20-17(16)11-6-4-3-5-7-11/h3-10,13,20H,2H2,1H3,(H,21,22). The Bertz CT molecular complexity index is 824. The first-order chi connectivity index (χ1) is 10.6. The molecule has 22 heavy (non-hydrogen) atoms. The van der Waals surface area contributed by atoms with Crippen molar-refractivity contribution in [2.45, 2.75) is 19.3 Å². The number of carboxylic acid groups (broad SMARTS) is 1. The fourth-order valence-corrected chi connectivity index (χ4v) is 3.05. The van der Waals surface area contributed by atoms with Gasteiger partial charge in [0.2, 0.25) is 0 Å². The predicted octanol–water partition coefficient (Wildman–Crippen LogP) is 5.07. The van der Waals surface area contributed by atoms with Gasteiger partial charge < -0.3 is 10.1 Å². The minimum atomic E-state index is -0.819. The Morgan fingerprint density at radius 3 is 2.59 bits per heavy atom. The van der Waals surface area contributed by atoms with Crippen LogP contribution in [0, 0.1) is 0 Å². The van der Waals surface area contributed by atoms with E-state index in [0.717, 1.165) is 27.7 Å². The molecule has 0 bridgehead atoms. The molecule has 0 aliphatic heterocycles. The van der Waals surface area contributed by atoms with Gasteiger partial charge in [-0.25, -0.2) is 0 Å². The maximum Gasteiger partial charge on any atom is 0.311 e. The second-order valence-electron chi connectivity index (χ2n) is 5.27. The zero-order valence-electron chi connectivity index (χ0n) is 12.1. The third-order valence-corrected chi connectivity index (χ3v) is 4.15. The molecule has 0 fully saturated rings. The van der Waals surface area contributed by atoms with Crippen LogP contribution < -0.4 is 0 Å². The molecule has 2 aromatic carbocycles. The first kappa shape index (κ1) is 14.7. The average molecular weight is 314 g/mol. The molecule has 0 saturated heterocycles. The molecule has 3 rings (SSSR count). The van der Waals surface area contributed by atoms with Crippen molar-refractivity contribution >= 4 is 28.5 Å². The number of aromatic nitrogens is 1. The summed E-state index contributed by atoms with van der Waals surface area (Å²) in [5.41, 5.74) is 3.54. The molecule has 3 nitrogen and oxygen atoms in total. The van der Waals surface area contributed by atoms with Crippen molar-refractivity contribution in [2.24, 2.45) is 0 Å². The summed E-state index contributed by atoms with van der Waals surface area (Å²) < 4.78 is 0. The highest BCUT2D eigenvalue weighted by Gasteiger charge is 2.25. The molecule has 1 aromatic heterocycles. The van der Waals surface area contributed by atoms with Crippen molar-refractivity contribution in [2.75, 3.05) is 0 Å². The molecule has 1 unspecified atom stereocenters. The molecule has 112 valence electrons. The van der Waals surface area contributed by atoms with Crippen LogP contribution in [-0.4, -0.2) is 16.1 Å². The average Bonchev–Trinajstić information content (AvgIpc) is 2.87. The lowest BCUT2D eigenvalue weighted by molar-refractivity contribution is -0.138. The molecule has 0 spiro atoms. The second kappa shape index (κ2) is 5.85. The van der Waals surface area contributed by atoms with Crippen molar-refractivity contribution in [1.29, 1.82) is 0 Å². The Morgan fingerprint density at radius 2 is 1.95 bits per heavy atom. The Kier molecular flexibility index (Phi) is 3.90. The number of nitrogens with one attached hydrogen (secondary N) is 1. The summed E-state index contributed by atoms with van der Waals surface area (Å²) in [6.45, 7) is 1.89. The molecule has 0 aliphatic carbocycles. The van der Waals surface area contributed by atoms with Gasteiger partial charge in [-0.1, -0.05) is 48.9 Å². The van der Waals surface area contributed by atoms with Gasteiger partial charge in [0.1, 0.15) is 0 Å². The van der Waals surface area contributed by atoms with E-state index in [2.05, 4.69) is 4.98 Å². The van der Waals surface area contributed by atoms with Gasteiger partial charge in [0.15, 0.2) is 0 Å². The summed E-state index contributed by atoms with van der Waals surface area (Å²) >= 11 is 6.11. The Morgan fingerprint density at radius 1 is 1.23 bits per heavy atom. The molecule has 0 aliphatic rings. The van der Waals surface area contributed by atoms with Crippen LogP contribution in [0.2, 0.25) is 5.02 Å². The van der Waals surface area contributed by atoms with Gasteiger partial charge in [-0.3, -0.25) is 4.79 Å². The number of hydrogen-bond acceptors (Lipinski definition) is 1. The number of rotatable bonds is 4. The van der Waals surface area contributed by atoms with E-state index in [4.69, 9.17) is 11.6 Å². The lowest BCUT2D eigenvalue weighted by atomic mass is 9.91. The van der Waals surface area contributed by atoms with Crippen molar-refractivity contribution in [3.63, 3.8) is 0 Å². The van der Waals surface area contributed by atoms with E-state index in [9.17, 15) is 9.90 Å². The maximum absolute atomic E-state index is 11.7. The number of hydrogen-bond donors (Lipinski definition) is 2. The summed E-state index contributed by atoms with van der Waals surface area (Å²) in [6.07, 6.45) is 0.522. The highest BCUT2D eigenvalue weighted by atomic mass is 35.5. The van der Waals surface area contributed by atoms with E-state index >= 15 is 0 Å². The minimum Gasteiger partial charge on any atom is -0.481 e. The molecular weight excluding hydrogens is 298 g/mol. The summed E-state index contributed by atoms with van der Waals surface area (Å²) in [5, 5.41) is 11.1. The molecule has 1 heterocycles. The number of carbonyl (C=O) groups is 1. The summed E-state index contributed by atoms with van der Waals surface area (Å²) in [6, 6.07) is 15.3. The van der Waals surface area contributed by atoms with E-state index in [1.54, 1.807) is 6.07 Å². The van der Waals surface area contributed by atoms with Gasteiger partial charge in [-0.05, 0) is 35.7 Å². The molecule has 1 atom stereocenters. The number of aliphatic carboxylic acids is 1. The van der Waals surface area contributed by atoms with E-state index in [0.29, 0.717) is 11.4 Å². The molecule has 3 aromatic rings. The van der Waals surface area contributed by atoms with Crippen LogP contribution in [0.1, 0.15) is 24.8 Å². The largest absolute Gasteiger partial charge is 0.481 e. The van der Waals surface area contributed by atoms with Crippen LogP contribution in [0.4, 0.5) is 0 Å². The monoisotopic (exact) mass is 313 g/mol. The topological polar surface area (TPSA) is 53.1 Å². The van der Waals surface area contributed by atoms with E-state index in [-0.39, 0.29) is 0 Å². The van der Waals surface area contributed by atoms with Gasteiger partial charge in [0, 0.05) is 15.9 Å². The third-order valence-electron chi connectivity index (χ3n) is 3.92. The van der Waals surface area contributed by atoms with Gasteiger partial charge >= 0.3 is 5.97 Å². The Balaban J connectivity index is 2.34. The number of fused-ring (bicyclic) bond motifs is 1. The lowest BCUT2D eigenvalue weighted by Gasteiger charge is -2.12. The van der Waals surface area contributed by atoms with Crippen LogP contribution >= 0.6 is 11.6 Å². The first-order valence-electron chi connectivity index (χ1n) is 7.21. The number of aromatic amines is 1. The van der Waals surface area contributed by atoms with Gasteiger partial charge in [-0.15, -0.1) is 0 Å². The summed E-state index contributed by atoms with van der Waals surface area (Å²) in [5.74, 6) is -1.39. The Hall–Kier alpha value is -2.26. The number of carboxylic acids is 1. The van der Waals surface area contributed by atoms with Crippen LogP contribution in [0.3, 0.4) is 0 Å². The van der Waals surface area contributed by atoms with E-state index < -0.39 is 11.9 Å². The first-order valence-corrected chi connectivity index (χ1v) is 7.59. The predicted molar refractivity (Wildman–Crippen MR) is 89.4 cm³/mol. The van der Waals surface area contributed by atoms with Crippen molar-refractivity contribution in [1.82, 2.24) is 4.98 Å². The van der Waals surface area contributed by atoms with Gasteiger partial charge in [0.05, 0.1) is 11.6 Å². The summed E-state index contributed by atoms with van der Waals surface area (Å²) in [7, 11) is 0. The molecule has 0 amide bonds. The fraction of sp³-hybridized carbons (Fsp3) is 0.167. The van der Waals surface area contributed by atoms with Crippen molar-refractivity contribution in [3.05, 3.63) is 59.1 Å². The quantitative estimate of drug-likeness (QED) is 0.706. The normalized spacial score (nSPS) is 12.5. The SMILES string of the molecule is CCC(C(=O)O)c1c(-c2ccccc2)[nH]c2ccc(Cl)cc12.